The van der Waals surface area contributed by atoms with Gasteiger partial charge < -0.3 is 15.1 Å². The lowest BCUT2D eigenvalue weighted by atomic mass is 10.4. The molecule has 2 aromatic heterocycles. The maximum atomic E-state index is 12.2. The fraction of sp³-hybridized carbons (Fsp3) is 0.385. The van der Waals surface area contributed by atoms with Gasteiger partial charge in [-0.05, 0) is 19.1 Å². The first kappa shape index (κ1) is 15.8. The minimum absolute atomic E-state index is 0.217. The van der Waals surface area contributed by atoms with E-state index in [-0.39, 0.29) is 11.9 Å². The molecule has 0 saturated carbocycles. The molecule has 0 radical (unpaired) electrons. The fourth-order valence-corrected chi connectivity index (χ4v) is 3.96. The van der Waals surface area contributed by atoms with Crippen LogP contribution >= 0.6 is 23.1 Å². The number of anilines is 1. The van der Waals surface area contributed by atoms with Gasteiger partial charge in [-0.1, -0.05) is 23.1 Å². The van der Waals surface area contributed by atoms with Crippen LogP contribution in [-0.4, -0.2) is 45.4 Å². The molecule has 1 aliphatic rings. The van der Waals surface area contributed by atoms with Gasteiger partial charge in [0, 0.05) is 13.1 Å². The van der Waals surface area contributed by atoms with E-state index in [1.165, 1.54) is 28.0 Å². The van der Waals surface area contributed by atoms with Crippen molar-refractivity contribution in [2.75, 3.05) is 18.4 Å². The second-order valence-corrected chi connectivity index (χ2v) is 7.35. The van der Waals surface area contributed by atoms with Crippen molar-refractivity contribution in [3.05, 3.63) is 24.2 Å². The minimum atomic E-state index is -0.398. The van der Waals surface area contributed by atoms with Crippen LogP contribution in [0.1, 0.15) is 12.7 Å². The lowest BCUT2D eigenvalue weighted by molar-refractivity contribution is -0.126. The summed E-state index contributed by atoms with van der Waals surface area (Å²) >= 11 is 2.66. The quantitative estimate of drug-likeness (QED) is 0.763. The first-order chi connectivity index (χ1) is 11.1. The van der Waals surface area contributed by atoms with Crippen LogP contribution in [0.15, 0.2) is 27.2 Å². The predicted octanol–water partition coefficient (Wildman–Crippen LogP) is 1.78. The van der Waals surface area contributed by atoms with Crippen LogP contribution in [0.4, 0.5) is 9.93 Å². The topological polar surface area (TPSA) is 100 Å². The van der Waals surface area contributed by atoms with E-state index in [9.17, 15) is 9.59 Å². The van der Waals surface area contributed by atoms with Gasteiger partial charge in [-0.25, -0.2) is 4.79 Å². The monoisotopic (exact) mass is 353 g/mol. The van der Waals surface area contributed by atoms with Crippen molar-refractivity contribution < 1.29 is 14.0 Å². The number of rotatable bonds is 6. The third-order valence-electron chi connectivity index (χ3n) is 3.15. The Hall–Kier alpha value is -2.07. The molecule has 0 aliphatic carbocycles. The summed E-state index contributed by atoms with van der Waals surface area (Å²) in [6.07, 6.45) is 1.61. The Morgan fingerprint density at radius 1 is 1.61 bits per heavy atom. The number of carbonyl (C=O) groups is 2. The maximum Gasteiger partial charge on any atom is 0.324 e. The zero-order valence-corrected chi connectivity index (χ0v) is 13.9. The van der Waals surface area contributed by atoms with Crippen molar-refractivity contribution in [3.8, 4) is 0 Å². The number of furan rings is 1. The zero-order valence-electron chi connectivity index (χ0n) is 12.3. The van der Waals surface area contributed by atoms with E-state index in [2.05, 4.69) is 20.8 Å². The van der Waals surface area contributed by atoms with Crippen LogP contribution in [0.3, 0.4) is 0 Å². The molecule has 3 rings (SSSR count). The van der Waals surface area contributed by atoms with E-state index >= 15 is 0 Å². The van der Waals surface area contributed by atoms with E-state index in [0.717, 1.165) is 5.76 Å². The van der Waals surface area contributed by atoms with Crippen LogP contribution < -0.4 is 10.6 Å². The molecule has 122 valence electrons. The molecule has 3 heterocycles. The lowest BCUT2D eigenvalue weighted by Crippen LogP contribution is -2.38. The van der Waals surface area contributed by atoms with Gasteiger partial charge in [0.2, 0.25) is 11.0 Å². The SMILES string of the molecule is C[C@@H](Sc1nnc(NCc2ccco2)s1)C(=O)N1CCNC1=O. The molecular formula is C13H15N5O3S2. The molecule has 0 aromatic carbocycles. The van der Waals surface area contributed by atoms with Gasteiger partial charge in [0.25, 0.3) is 0 Å². The highest BCUT2D eigenvalue weighted by Crippen LogP contribution is 2.30. The number of urea groups is 1. The molecule has 23 heavy (non-hydrogen) atoms. The molecule has 3 amide bonds. The molecule has 1 fully saturated rings. The number of thioether (sulfide) groups is 1. The summed E-state index contributed by atoms with van der Waals surface area (Å²) in [7, 11) is 0. The second-order valence-electron chi connectivity index (χ2n) is 4.79. The van der Waals surface area contributed by atoms with Crippen LogP contribution in [0, 0.1) is 0 Å². The Kier molecular flexibility index (Phi) is 4.82. The van der Waals surface area contributed by atoms with Gasteiger partial charge in [-0.15, -0.1) is 10.2 Å². The van der Waals surface area contributed by atoms with E-state index in [4.69, 9.17) is 4.42 Å². The second kappa shape index (κ2) is 7.01. The standard InChI is InChI=1S/C13H15N5O3S2/c1-8(10(19)18-5-4-14-12(18)20)22-13-17-16-11(23-13)15-7-9-3-2-6-21-9/h2-3,6,8H,4-5,7H2,1H3,(H,14,20)(H,15,16)/t8-/m1/s1. The number of hydrogen-bond donors (Lipinski definition) is 2. The molecule has 10 heteroatoms. The highest BCUT2D eigenvalue weighted by molar-refractivity contribution is 8.02. The van der Waals surface area contributed by atoms with Crippen LogP contribution in [0.5, 0.6) is 0 Å². The number of hydrogen-bond acceptors (Lipinski definition) is 8. The van der Waals surface area contributed by atoms with Crippen molar-refractivity contribution >= 4 is 40.2 Å². The largest absolute Gasteiger partial charge is 0.467 e. The summed E-state index contributed by atoms with van der Waals surface area (Å²) in [6, 6.07) is 3.35. The van der Waals surface area contributed by atoms with Gasteiger partial charge in [0.05, 0.1) is 18.1 Å². The van der Waals surface area contributed by atoms with Crippen molar-refractivity contribution in [2.45, 2.75) is 23.1 Å². The average molecular weight is 353 g/mol. The van der Waals surface area contributed by atoms with E-state index < -0.39 is 5.25 Å². The number of aromatic nitrogens is 2. The Morgan fingerprint density at radius 2 is 2.48 bits per heavy atom. The number of nitrogens with one attached hydrogen (secondary N) is 2. The van der Waals surface area contributed by atoms with Gasteiger partial charge in [-0.3, -0.25) is 9.69 Å². The Bertz CT molecular complexity index is 688. The Balaban J connectivity index is 1.53. The number of nitrogens with zero attached hydrogens (tertiary/aromatic N) is 3. The van der Waals surface area contributed by atoms with Gasteiger partial charge >= 0.3 is 6.03 Å². The number of carbonyl (C=O) groups excluding carboxylic acids is 2. The molecule has 2 aromatic rings. The summed E-state index contributed by atoms with van der Waals surface area (Å²) in [5.41, 5.74) is 0. The van der Waals surface area contributed by atoms with E-state index in [1.54, 1.807) is 13.2 Å². The first-order valence-electron chi connectivity index (χ1n) is 6.99. The molecule has 0 bridgehead atoms. The molecule has 8 nitrogen and oxygen atoms in total. The highest BCUT2D eigenvalue weighted by atomic mass is 32.2. The van der Waals surface area contributed by atoms with Crippen molar-refractivity contribution in [3.63, 3.8) is 0 Å². The number of amides is 3. The van der Waals surface area contributed by atoms with Gasteiger partial charge in [-0.2, -0.15) is 0 Å². The minimum Gasteiger partial charge on any atom is -0.467 e. The zero-order chi connectivity index (χ0) is 16.2. The van der Waals surface area contributed by atoms with Gasteiger partial charge in [0.1, 0.15) is 5.76 Å². The molecule has 1 saturated heterocycles. The first-order valence-corrected chi connectivity index (χ1v) is 8.68. The summed E-state index contributed by atoms with van der Waals surface area (Å²) in [6.45, 7) is 3.20. The third-order valence-corrected chi connectivity index (χ3v) is 5.20. The highest BCUT2D eigenvalue weighted by Gasteiger charge is 2.30. The molecule has 0 spiro atoms. The molecule has 2 N–H and O–H groups in total. The number of imide groups is 1. The summed E-state index contributed by atoms with van der Waals surface area (Å²) in [4.78, 5) is 25.0. The lowest BCUT2D eigenvalue weighted by Gasteiger charge is -2.16. The summed E-state index contributed by atoms with van der Waals surface area (Å²) < 4.78 is 5.90. The van der Waals surface area contributed by atoms with Crippen LogP contribution in [-0.2, 0) is 11.3 Å². The fourth-order valence-electron chi connectivity index (χ4n) is 2.01. The van der Waals surface area contributed by atoms with E-state index in [0.29, 0.717) is 29.1 Å². The normalized spacial score (nSPS) is 15.5. The van der Waals surface area contributed by atoms with Crippen LogP contribution in [0.2, 0.25) is 0 Å². The predicted molar refractivity (Wildman–Crippen MR) is 86.4 cm³/mol. The maximum absolute atomic E-state index is 12.2. The summed E-state index contributed by atoms with van der Waals surface area (Å²) in [5.74, 6) is 0.586. The van der Waals surface area contributed by atoms with Gasteiger partial charge in [0.15, 0.2) is 4.34 Å². The Labute approximate surface area is 140 Å². The van der Waals surface area contributed by atoms with Crippen LogP contribution in [0.25, 0.3) is 0 Å². The molecular weight excluding hydrogens is 338 g/mol. The van der Waals surface area contributed by atoms with E-state index in [1.807, 2.05) is 12.1 Å². The van der Waals surface area contributed by atoms with Crippen molar-refractivity contribution in [2.24, 2.45) is 0 Å². The molecule has 0 unspecified atom stereocenters. The Morgan fingerprint density at radius 3 is 3.17 bits per heavy atom. The molecule has 1 atom stereocenters. The smallest absolute Gasteiger partial charge is 0.324 e. The average Bonchev–Trinajstić information content (AvgIpc) is 3.26. The molecule has 1 aliphatic heterocycles. The van der Waals surface area contributed by atoms with Crippen molar-refractivity contribution in [1.82, 2.24) is 20.4 Å². The van der Waals surface area contributed by atoms with Crippen molar-refractivity contribution in [1.29, 1.82) is 0 Å². The third kappa shape index (κ3) is 3.82. The summed E-state index contributed by atoms with van der Waals surface area (Å²) in [5, 5.41) is 14.1.